The van der Waals surface area contributed by atoms with Crippen LogP contribution in [0.15, 0.2) is 30.3 Å². The molecule has 0 unspecified atom stereocenters. The first-order valence-electron chi connectivity index (χ1n) is 4.04. The van der Waals surface area contributed by atoms with E-state index in [-0.39, 0.29) is 0 Å². The number of rotatable bonds is 3. The standard InChI is InChI=1S/C10H14IN/c1-12(2)10(11)8-9-6-4-3-5-7-9/h3-7,10H,8H2,1-2H3/t10-/m1/s1. The van der Waals surface area contributed by atoms with Gasteiger partial charge < -0.3 is 0 Å². The molecule has 0 amide bonds. The molecule has 12 heavy (non-hydrogen) atoms. The third-order valence-corrected chi connectivity index (χ3v) is 3.36. The predicted molar refractivity (Wildman–Crippen MR) is 61.6 cm³/mol. The monoisotopic (exact) mass is 275 g/mol. The lowest BCUT2D eigenvalue weighted by atomic mass is 10.1. The van der Waals surface area contributed by atoms with Gasteiger partial charge in [0.1, 0.15) is 0 Å². The smallest absolute Gasteiger partial charge is 0.0654 e. The molecule has 0 fully saturated rings. The molecule has 1 rings (SSSR count). The Morgan fingerprint density at radius 3 is 2.33 bits per heavy atom. The fourth-order valence-corrected chi connectivity index (χ4v) is 1.50. The highest BCUT2D eigenvalue weighted by atomic mass is 127. The maximum Gasteiger partial charge on any atom is 0.0654 e. The van der Waals surface area contributed by atoms with Crippen molar-refractivity contribution in [3.8, 4) is 0 Å². The van der Waals surface area contributed by atoms with Crippen LogP contribution in [0.25, 0.3) is 0 Å². The number of likely N-dealkylation sites (N-methyl/N-ethyl adjacent to an activating group) is 1. The van der Waals surface area contributed by atoms with Crippen molar-refractivity contribution in [3.05, 3.63) is 35.9 Å². The van der Waals surface area contributed by atoms with Gasteiger partial charge in [0.15, 0.2) is 0 Å². The maximum atomic E-state index is 2.46. The van der Waals surface area contributed by atoms with E-state index in [1.54, 1.807) is 0 Å². The highest BCUT2D eigenvalue weighted by Gasteiger charge is 2.05. The largest absolute Gasteiger partial charge is 0.298 e. The Bertz CT molecular complexity index is 221. The van der Waals surface area contributed by atoms with Crippen LogP contribution in [0.3, 0.4) is 0 Å². The summed E-state index contributed by atoms with van der Waals surface area (Å²) in [7, 11) is 4.22. The summed E-state index contributed by atoms with van der Waals surface area (Å²) in [6, 6.07) is 10.6. The summed E-state index contributed by atoms with van der Waals surface area (Å²) >= 11 is 2.46. The summed E-state index contributed by atoms with van der Waals surface area (Å²) in [6.45, 7) is 0. The lowest BCUT2D eigenvalue weighted by molar-refractivity contribution is 0.396. The van der Waals surface area contributed by atoms with Crippen LogP contribution in [-0.2, 0) is 6.42 Å². The highest BCUT2D eigenvalue weighted by Crippen LogP contribution is 2.11. The molecule has 0 radical (unpaired) electrons. The van der Waals surface area contributed by atoms with Crippen LogP contribution in [0, 0.1) is 0 Å². The van der Waals surface area contributed by atoms with Crippen molar-refractivity contribution >= 4 is 22.6 Å². The van der Waals surface area contributed by atoms with E-state index in [2.05, 4.69) is 71.9 Å². The van der Waals surface area contributed by atoms with Gasteiger partial charge >= 0.3 is 0 Å². The topological polar surface area (TPSA) is 3.24 Å². The second-order valence-electron chi connectivity index (χ2n) is 3.09. The molecule has 1 aromatic carbocycles. The maximum absolute atomic E-state index is 2.46. The van der Waals surface area contributed by atoms with Crippen molar-refractivity contribution in [3.63, 3.8) is 0 Å². The van der Waals surface area contributed by atoms with Gasteiger partial charge in [-0.1, -0.05) is 52.9 Å². The van der Waals surface area contributed by atoms with Crippen LogP contribution >= 0.6 is 22.6 Å². The van der Waals surface area contributed by atoms with Gasteiger partial charge in [0.2, 0.25) is 0 Å². The number of hydrogen-bond donors (Lipinski definition) is 0. The number of alkyl halides is 1. The summed E-state index contributed by atoms with van der Waals surface area (Å²) in [4.78, 5) is 2.23. The number of benzene rings is 1. The molecule has 0 aliphatic carbocycles. The average Bonchev–Trinajstić information content (AvgIpc) is 2.06. The van der Waals surface area contributed by atoms with E-state index >= 15 is 0 Å². The van der Waals surface area contributed by atoms with Gasteiger partial charge in [-0.25, -0.2) is 0 Å². The Morgan fingerprint density at radius 1 is 1.25 bits per heavy atom. The fraction of sp³-hybridized carbons (Fsp3) is 0.400. The number of hydrogen-bond acceptors (Lipinski definition) is 1. The minimum absolute atomic E-state index is 0.588. The van der Waals surface area contributed by atoms with Crippen LogP contribution in [0.2, 0.25) is 0 Å². The van der Waals surface area contributed by atoms with E-state index in [1.165, 1.54) is 5.56 Å². The zero-order valence-corrected chi connectivity index (χ0v) is 9.65. The number of nitrogens with zero attached hydrogens (tertiary/aromatic N) is 1. The van der Waals surface area contributed by atoms with Gasteiger partial charge in [-0.2, -0.15) is 0 Å². The van der Waals surface area contributed by atoms with Gasteiger partial charge in [0.05, 0.1) is 4.05 Å². The lowest BCUT2D eigenvalue weighted by Gasteiger charge is -2.17. The minimum atomic E-state index is 0.588. The van der Waals surface area contributed by atoms with E-state index in [0.29, 0.717) is 4.05 Å². The fourth-order valence-electron chi connectivity index (χ4n) is 0.991. The normalized spacial score (nSPS) is 13.3. The predicted octanol–water partition coefficient (Wildman–Crippen LogP) is 2.55. The average molecular weight is 275 g/mol. The molecule has 1 aromatic rings. The number of halogens is 1. The molecule has 66 valence electrons. The van der Waals surface area contributed by atoms with E-state index in [1.807, 2.05) is 0 Å². The Hall–Kier alpha value is -0.0900. The molecule has 0 aliphatic heterocycles. The van der Waals surface area contributed by atoms with Crippen LogP contribution in [0.5, 0.6) is 0 Å². The zero-order chi connectivity index (χ0) is 8.97. The quantitative estimate of drug-likeness (QED) is 0.465. The first kappa shape index (κ1) is 9.99. The molecule has 0 saturated heterocycles. The summed E-state index contributed by atoms with van der Waals surface area (Å²) in [5.41, 5.74) is 1.41. The molecular formula is C10H14IN. The molecule has 0 aliphatic rings. The third-order valence-electron chi connectivity index (χ3n) is 1.81. The first-order chi connectivity index (χ1) is 5.70. The molecular weight excluding hydrogens is 261 g/mol. The second-order valence-corrected chi connectivity index (χ2v) is 4.53. The molecule has 0 bridgehead atoms. The Labute approximate surface area is 87.9 Å². The molecule has 0 heterocycles. The molecule has 0 N–H and O–H groups in total. The van der Waals surface area contributed by atoms with E-state index in [0.717, 1.165) is 6.42 Å². The molecule has 0 aromatic heterocycles. The van der Waals surface area contributed by atoms with Crippen molar-refractivity contribution in [2.45, 2.75) is 10.5 Å². The van der Waals surface area contributed by atoms with E-state index in [9.17, 15) is 0 Å². The first-order valence-corrected chi connectivity index (χ1v) is 5.29. The molecule has 1 atom stereocenters. The van der Waals surface area contributed by atoms with Gasteiger partial charge in [0.25, 0.3) is 0 Å². The van der Waals surface area contributed by atoms with Crippen molar-refractivity contribution in [2.75, 3.05) is 14.1 Å². The second kappa shape index (κ2) is 4.82. The van der Waals surface area contributed by atoms with Gasteiger partial charge in [-0.05, 0) is 26.1 Å². The summed E-state index contributed by atoms with van der Waals surface area (Å²) in [6.07, 6.45) is 1.12. The van der Waals surface area contributed by atoms with Crippen LogP contribution in [0.1, 0.15) is 5.56 Å². The SMILES string of the molecule is CN(C)[C@@H](I)Cc1ccccc1. The van der Waals surface area contributed by atoms with E-state index in [4.69, 9.17) is 0 Å². The van der Waals surface area contributed by atoms with Gasteiger partial charge in [-0.3, -0.25) is 4.90 Å². The van der Waals surface area contributed by atoms with Crippen molar-refractivity contribution in [1.82, 2.24) is 4.90 Å². The Kier molecular flexibility index (Phi) is 4.01. The Morgan fingerprint density at radius 2 is 1.83 bits per heavy atom. The lowest BCUT2D eigenvalue weighted by Crippen LogP contribution is -2.23. The highest BCUT2D eigenvalue weighted by molar-refractivity contribution is 14.1. The zero-order valence-electron chi connectivity index (χ0n) is 7.50. The van der Waals surface area contributed by atoms with E-state index < -0.39 is 0 Å². The van der Waals surface area contributed by atoms with Crippen LogP contribution in [-0.4, -0.2) is 23.0 Å². The molecule has 0 saturated carbocycles. The van der Waals surface area contributed by atoms with Gasteiger partial charge in [0, 0.05) is 0 Å². The van der Waals surface area contributed by atoms with Gasteiger partial charge in [-0.15, -0.1) is 0 Å². The van der Waals surface area contributed by atoms with Crippen molar-refractivity contribution in [1.29, 1.82) is 0 Å². The van der Waals surface area contributed by atoms with Crippen LogP contribution < -0.4 is 0 Å². The summed E-state index contributed by atoms with van der Waals surface area (Å²) in [5.74, 6) is 0. The molecule has 1 nitrogen and oxygen atoms in total. The Balaban J connectivity index is 2.53. The minimum Gasteiger partial charge on any atom is -0.298 e. The summed E-state index contributed by atoms with van der Waals surface area (Å²) in [5, 5.41) is 0. The summed E-state index contributed by atoms with van der Waals surface area (Å²) < 4.78 is 0.588. The molecule has 2 heteroatoms. The third kappa shape index (κ3) is 3.11. The molecule has 0 spiro atoms. The van der Waals surface area contributed by atoms with Crippen LogP contribution in [0.4, 0.5) is 0 Å². The van der Waals surface area contributed by atoms with Crippen molar-refractivity contribution in [2.24, 2.45) is 0 Å². The van der Waals surface area contributed by atoms with Crippen molar-refractivity contribution < 1.29 is 0 Å².